The van der Waals surface area contributed by atoms with Crippen molar-refractivity contribution >= 4 is 23.4 Å². The van der Waals surface area contributed by atoms with Crippen molar-refractivity contribution in [3.8, 4) is 0 Å². The third kappa shape index (κ3) is 4.03. The highest BCUT2D eigenvalue weighted by molar-refractivity contribution is 7.99. The normalized spacial score (nSPS) is 11.9. The number of carbonyl (C=O) groups is 1. The van der Waals surface area contributed by atoms with Gasteiger partial charge in [0.1, 0.15) is 11.1 Å². The third-order valence-electron chi connectivity index (χ3n) is 2.86. The summed E-state index contributed by atoms with van der Waals surface area (Å²) < 4.78 is 0. The van der Waals surface area contributed by atoms with Gasteiger partial charge in [-0.2, -0.15) is 0 Å². The zero-order valence-corrected chi connectivity index (χ0v) is 12.2. The molecule has 0 aliphatic carbocycles. The van der Waals surface area contributed by atoms with Crippen molar-refractivity contribution in [3.05, 3.63) is 58.3 Å². The highest BCUT2D eigenvalue weighted by Crippen LogP contribution is 2.32. The van der Waals surface area contributed by atoms with Crippen molar-refractivity contribution in [1.29, 1.82) is 0 Å². The maximum absolute atomic E-state index is 10.9. The highest BCUT2D eigenvalue weighted by atomic mass is 32.2. The fourth-order valence-corrected chi connectivity index (χ4v) is 2.68. The first-order valence-corrected chi connectivity index (χ1v) is 7.13. The zero-order valence-electron chi connectivity index (χ0n) is 11.4. The Bertz CT molecular complexity index is 694. The molecule has 0 aliphatic heterocycles. The average molecular weight is 319 g/mol. The first-order chi connectivity index (χ1) is 10.5. The lowest BCUT2D eigenvalue weighted by atomic mass is 10.1. The number of pyridine rings is 1. The molecule has 1 unspecified atom stereocenters. The molecule has 0 radical (unpaired) electrons. The van der Waals surface area contributed by atoms with Gasteiger partial charge in [0.15, 0.2) is 0 Å². The number of carboxylic acids is 1. The molecule has 22 heavy (non-hydrogen) atoms. The van der Waals surface area contributed by atoms with Crippen molar-refractivity contribution in [3.63, 3.8) is 0 Å². The van der Waals surface area contributed by atoms with Crippen LogP contribution in [0.25, 0.3) is 0 Å². The predicted octanol–water partition coefficient (Wildman–Crippen LogP) is 2.10. The van der Waals surface area contributed by atoms with Crippen LogP contribution in [0.4, 0.5) is 5.69 Å². The van der Waals surface area contributed by atoms with Gasteiger partial charge in [0.25, 0.3) is 5.69 Å². The Labute approximate surface area is 130 Å². The molecule has 0 bridgehead atoms. The van der Waals surface area contributed by atoms with E-state index < -0.39 is 16.9 Å². The van der Waals surface area contributed by atoms with Crippen LogP contribution in [0, 0.1) is 10.1 Å². The Morgan fingerprint density at radius 2 is 2.18 bits per heavy atom. The summed E-state index contributed by atoms with van der Waals surface area (Å²) in [5, 5.41) is 20.5. The number of nitrogens with zero attached hydrogens (tertiary/aromatic N) is 2. The van der Waals surface area contributed by atoms with Crippen molar-refractivity contribution in [2.75, 3.05) is 0 Å². The van der Waals surface area contributed by atoms with E-state index in [1.807, 2.05) is 6.07 Å². The van der Waals surface area contributed by atoms with E-state index in [0.29, 0.717) is 15.5 Å². The molecule has 8 heteroatoms. The Balaban J connectivity index is 2.34. The van der Waals surface area contributed by atoms with Crippen LogP contribution in [-0.2, 0) is 11.2 Å². The second-order valence-electron chi connectivity index (χ2n) is 4.47. The summed E-state index contributed by atoms with van der Waals surface area (Å²) in [6, 6.07) is 8.60. The summed E-state index contributed by atoms with van der Waals surface area (Å²) in [5.74, 6) is -1.15. The zero-order chi connectivity index (χ0) is 16.1. The van der Waals surface area contributed by atoms with Crippen LogP contribution in [-0.4, -0.2) is 27.0 Å². The number of carboxylic acid groups (broad SMARTS) is 1. The topological polar surface area (TPSA) is 119 Å². The number of nitro groups is 1. The van der Waals surface area contributed by atoms with E-state index in [-0.39, 0.29) is 12.1 Å². The minimum absolute atomic E-state index is 0.00613. The maximum Gasteiger partial charge on any atom is 0.320 e. The molecule has 0 aliphatic rings. The van der Waals surface area contributed by atoms with E-state index in [9.17, 15) is 14.9 Å². The van der Waals surface area contributed by atoms with Crippen LogP contribution >= 0.6 is 11.8 Å². The van der Waals surface area contributed by atoms with Crippen LogP contribution in [0.3, 0.4) is 0 Å². The quantitative estimate of drug-likeness (QED) is 0.618. The van der Waals surface area contributed by atoms with Gasteiger partial charge in [-0.15, -0.1) is 0 Å². The van der Waals surface area contributed by atoms with E-state index >= 15 is 0 Å². The lowest BCUT2D eigenvalue weighted by Gasteiger charge is -2.11. The average Bonchev–Trinajstić information content (AvgIpc) is 2.49. The summed E-state index contributed by atoms with van der Waals surface area (Å²) >= 11 is 1.31. The van der Waals surface area contributed by atoms with Crippen molar-refractivity contribution < 1.29 is 14.8 Å². The SMILES string of the molecule is NC(Cc1cc([N+](=O)[O-])ccc1Sc1ccccn1)C(=O)O. The van der Waals surface area contributed by atoms with E-state index in [1.54, 1.807) is 24.4 Å². The molecule has 0 saturated carbocycles. The predicted molar refractivity (Wildman–Crippen MR) is 80.8 cm³/mol. The largest absolute Gasteiger partial charge is 0.480 e. The number of aromatic nitrogens is 1. The molecule has 0 amide bonds. The van der Waals surface area contributed by atoms with Crippen LogP contribution in [0.2, 0.25) is 0 Å². The van der Waals surface area contributed by atoms with E-state index in [0.717, 1.165) is 0 Å². The molecule has 1 heterocycles. The molecule has 1 aromatic heterocycles. The molecule has 2 aromatic rings. The van der Waals surface area contributed by atoms with Gasteiger partial charge < -0.3 is 10.8 Å². The van der Waals surface area contributed by atoms with Crippen LogP contribution in [0.1, 0.15) is 5.56 Å². The summed E-state index contributed by atoms with van der Waals surface area (Å²) in [6.07, 6.45) is 1.64. The van der Waals surface area contributed by atoms with Crippen molar-refractivity contribution in [2.45, 2.75) is 22.4 Å². The van der Waals surface area contributed by atoms with Gasteiger partial charge in [-0.1, -0.05) is 17.8 Å². The molecule has 2 rings (SSSR count). The number of benzene rings is 1. The van der Waals surface area contributed by atoms with Gasteiger partial charge in [0, 0.05) is 23.2 Å². The molecule has 7 nitrogen and oxygen atoms in total. The second-order valence-corrected chi connectivity index (χ2v) is 5.53. The Kier molecular flexibility index (Phi) is 5.08. The lowest BCUT2D eigenvalue weighted by Crippen LogP contribution is -2.32. The number of nitrogens with two attached hydrogens (primary N) is 1. The van der Waals surface area contributed by atoms with Crippen molar-refractivity contribution in [2.24, 2.45) is 5.73 Å². The van der Waals surface area contributed by atoms with E-state index in [4.69, 9.17) is 10.8 Å². The summed E-state index contributed by atoms with van der Waals surface area (Å²) in [5.41, 5.74) is 5.96. The molecule has 1 atom stereocenters. The van der Waals surface area contributed by atoms with Gasteiger partial charge in [0.2, 0.25) is 0 Å². The lowest BCUT2D eigenvalue weighted by molar-refractivity contribution is -0.385. The Morgan fingerprint density at radius 3 is 2.77 bits per heavy atom. The minimum Gasteiger partial charge on any atom is -0.480 e. The van der Waals surface area contributed by atoms with Gasteiger partial charge in [-0.3, -0.25) is 14.9 Å². The van der Waals surface area contributed by atoms with Crippen LogP contribution in [0.5, 0.6) is 0 Å². The minimum atomic E-state index is -1.15. The molecule has 0 saturated heterocycles. The Morgan fingerprint density at radius 1 is 1.41 bits per heavy atom. The van der Waals surface area contributed by atoms with Gasteiger partial charge in [0.05, 0.1) is 4.92 Å². The van der Waals surface area contributed by atoms with E-state index in [2.05, 4.69) is 4.98 Å². The number of nitro benzene ring substituents is 1. The Hall–Kier alpha value is -2.45. The van der Waals surface area contributed by atoms with Crippen molar-refractivity contribution in [1.82, 2.24) is 4.98 Å². The number of aliphatic carboxylic acids is 1. The van der Waals surface area contributed by atoms with Gasteiger partial charge in [-0.25, -0.2) is 4.98 Å². The van der Waals surface area contributed by atoms with Crippen LogP contribution in [0.15, 0.2) is 52.5 Å². The summed E-state index contributed by atoms with van der Waals surface area (Å²) in [6.45, 7) is 0. The maximum atomic E-state index is 10.9. The molecule has 0 spiro atoms. The highest BCUT2D eigenvalue weighted by Gasteiger charge is 2.18. The molecule has 114 valence electrons. The summed E-state index contributed by atoms with van der Waals surface area (Å²) in [4.78, 5) is 26.1. The van der Waals surface area contributed by atoms with Gasteiger partial charge in [-0.05, 0) is 30.2 Å². The number of non-ortho nitro benzene ring substituents is 1. The van der Waals surface area contributed by atoms with Gasteiger partial charge >= 0.3 is 5.97 Å². The molecule has 1 aromatic carbocycles. The molecule has 0 fully saturated rings. The molecular formula is C14H13N3O4S. The number of hydrogen-bond donors (Lipinski definition) is 2. The second kappa shape index (κ2) is 7.01. The van der Waals surface area contributed by atoms with E-state index in [1.165, 1.54) is 23.9 Å². The standard InChI is InChI=1S/C14H13N3O4S/c15-11(14(18)19)8-9-7-10(17(20)21)4-5-12(9)22-13-3-1-2-6-16-13/h1-7,11H,8,15H2,(H,18,19). The third-order valence-corrected chi connectivity index (χ3v) is 3.93. The molecular weight excluding hydrogens is 306 g/mol. The fourth-order valence-electron chi connectivity index (χ4n) is 1.78. The first kappa shape index (κ1) is 15.9. The fraction of sp³-hybridized carbons (Fsp3) is 0.143. The van der Waals surface area contributed by atoms with Crippen LogP contribution < -0.4 is 5.73 Å². The monoisotopic (exact) mass is 319 g/mol. The molecule has 3 N–H and O–H groups in total. The number of hydrogen-bond acceptors (Lipinski definition) is 6. The smallest absolute Gasteiger partial charge is 0.320 e. The summed E-state index contributed by atoms with van der Waals surface area (Å²) in [7, 11) is 0. The number of rotatable bonds is 6. The first-order valence-electron chi connectivity index (χ1n) is 6.32.